The summed E-state index contributed by atoms with van der Waals surface area (Å²) >= 11 is 5.80. The van der Waals surface area contributed by atoms with Crippen molar-refractivity contribution in [1.82, 2.24) is 26.7 Å². The van der Waals surface area contributed by atoms with Crippen LogP contribution in [0.5, 0.6) is 11.5 Å². The number of piperidine rings is 3. The van der Waals surface area contributed by atoms with Crippen LogP contribution in [0.25, 0.3) is 0 Å². The van der Waals surface area contributed by atoms with Gasteiger partial charge in [-0.3, -0.25) is 4.99 Å². The van der Waals surface area contributed by atoms with Crippen molar-refractivity contribution in [2.75, 3.05) is 59.7 Å². The van der Waals surface area contributed by atoms with Gasteiger partial charge in [-0.2, -0.15) is 17.2 Å². The second-order valence-corrected chi connectivity index (χ2v) is 49.5. The maximum Gasteiger partial charge on any atom is 0.243 e. The van der Waals surface area contributed by atoms with E-state index in [0.29, 0.717) is 97.7 Å². The SMILES string of the molecule is COc1ccc(C)cc1Cl.Cc1ccc(S(=O)(=O)N(C)C2CCCCC2)cc1.Cc1ccc(S(=O)(=O)N2CCC(C)CC2)cc1.Cc1ccc(S(=O)(=O)N2CCCC(C)C2)cc1.Cc1ccc(S(=O)(=O)N2CCCCC2C)cc1.Cc1ccc(S(=O)(=O)NCCC2=CCC=N2)cc1.Cc1ccc(S(=O)(=O)NCc2ccc(C)o2)cc1.Cc1ccc(S(C)(=O)=O)cc1.Cc1cccc(OC(C)C)c1. The first-order valence-electron chi connectivity index (χ1n) is 46.5. The number of rotatable bonds is 22. The van der Waals surface area contributed by atoms with Crippen LogP contribution in [0.4, 0.5) is 0 Å². The van der Waals surface area contributed by atoms with Crippen LogP contribution in [0.15, 0.2) is 280 Å². The van der Waals surface area contributed by atoms with Crippen molar-refractivity contribution in [3.05, 3.63) is 303 Å². The fourth-order valence-electron chi connectivity index (χ4n) is 14.9. The van der Waals surface area contributed by atoms with Crippen molar-refractivity contribution >= 4 is 87.8 Å². The van der Waals surface area contributed by atoms with Gasteiger partial charge in [0.1, 0.15) is 23.0 Å². The lowest BCUT2D eigenvalue weighted by atomic mass is 9.96. The maximum atomic E-state index is 12.5. The second-order valence-electron chi connectivity index (χ2n) is 35.8. The van der Waals surface area contributed by atoms with Gasteiger partial charge in [0.2, 0.25) is 60.1 Å². The summed E-state index contributed by atoms with van der Waals surface area (Å²) in [4.78, 5) is 6.73. The highest BCUT2D eigenvalue weighted by atomic mass is 35.5. The van der Waals surface area contributed by atoms with Gasteiger partial charge in [0.15, 0.2) is 9.84 Å². The monoisotopic (exact) mass is 2030 g/mol. The number of methoxy groups -OCH3 is 1. The average molecular weight is 2030 g/mol. The molecule has 0 amide bonds. The number of benzene rings is 9. The lowest BCUT2D eigenvalue weighted by molar-refractivity contribution is 0.242. The van der Waals surface area contributed by atoms with E-state index in [1.165, 1.54) is 18.2 Å². The van der Waals surface area contributed by atoms with E-state index in [2.05, 4.69) is 41.3 Å². The van der Waals surface area contributed by atoms with Crippen LogP contribution in [-0.4, -0.2) is 160 Å². The number of sulfonamides is 6. The summed E-state index contributed by atoms with van der Waals surface area (Å²) < 4.78 is 196. The van der Waals surface area contributed by atoms with Crippen LogP contribution in [0.1, 0.15) is 186 Å². The number of sulfone groups is 1. The van der Waals surface area contributed by atoms with Gasteiger partial charge in [0.05, 0.1) is 59.0 Å². The summed E-state index contributed by atoms with van der Waals surface area (Å²) in [5.74, 6) is 4.15. The third-order valence-corrected chi connectivity index (χ3v) is 35.3. The Morgan fingerprint density at radius 2 is 0.883 bits per heavy atom. The third kappa shape index (κ3) is 38.2. The smallest absolute Gasteiger partial charge is 0.243 e. The zero-order valence-corrected chi connectivity index (χ0v) is 89.1. The molecule has 748 valence electrons. The molecule has 5 heterocycles. The molecule has 9 aromatic carbocycles. The number of aryl methyl sites for hydroxylation is 10. The van der Waals surface area contributed by atoms with E-state index >= 15 is 0 Å². The predicted octanol–water partition coefficient (Wildman–Crippen LogP) is 21.6. The zero-order valence-electron chi connectivity index (χ0n) is 82.7. The fraction of sp³-hybridized carbons (Fsp3) is 0.419. The largest absolute Gasteiger partial charge is 0.495 e. The standard InChI is InChI=1S/C14H21NO2S.C13H16N2O2S.C13H15NO3S.3C13H19NO2S.C10H14O.C8H9ClO.C8H10O2S/c1-12-8-10-14(11-9-12)18(16,17)15(2)13-6-4-3-5-7-13;1-11-4-6-13(7-5-11)18(16,17)15-10-8-12-3-2-9-14-12;1-10-3-7-13(8-4-10)18(15,16)14-9-12-6-5-11(2)17-12;1-11-3-5-13(6-4-11)17(15,16)14-9-7-12(2)8-10-14;1-11-5-7-13(8-6-11)17(15,16)14-9-3-4-12(2)10-14;1-11-6-8-13(9-7-11)17(15,16)14-10-4-3-5-12(14)2;1-8(2)11-10-6-4-5-9(3)7-10;1-6-3-4-8(10-2)7(9)5-6;1-7-3-5-8(6-4-7)11(2,9)10/h8-11,13H,3-7H2,1-2H3;3-7,9,15H,2,8,10H2,1H3;3-8,14H,9H2,1-2H3;3-6,12H,7-10H2,1-2H3;5-8,12H,3-4,9-10H2,1-2H3;6-9,12H,3-5,10H2,1-2H3;4-8H,1-3H3;3-5H,1-2H3;3-6H,1-2H3. The predicted molar refractivity (Wildman–Crippen MR) is 553 cm³/mol. The highest BCUT2D eigenvalue weighted by molar-refractivity contribution is 7.91. The molecule has 137 heavy (non-hydrogen) atoms. The molecule has 2 atom stereocenters. The third-order valence-electron chi connectivity index (χ3n) is 23.2. The van der Waals surface area contributed by atoms with Gasteiger partial charge in [-0.05, 0) is 286 Å². The molecule has 24 nitrogen and oxygen atoms in total. The molecule has 15 rings (SSSR count). The number of ether oxygens (including phenoxy) is 2. The van der Waals surface area contributed by atoms with Crippen molar-refractivity contribution in [3.63, 3.8) is 0 Å². The number of furan rings is 1. The Hall–Kier alpha value is -9.03. The molecular weight excluding hydrogens is 1890 g/mol. The molecular formula is C105H142ClN7O17S7. The Labute approximate surface area is 824 Å². The van der Waals surface area contributed by atoms with Crippen molar-refractivity contribution in [1.29, 1.82) is 0 Å². The van der Waals surface area contributed by atoms with E-state index in [0.717, 1.165) is 145 Å². The number of nitrogens with zero attached hydrogens (tertiary/aromatic N) is 5. The highest BCUT2D eigenvalue weighted by Crippen LogP contribution is 2.31. The maximum absolute atomic E-state index is 12.5. The molecule has 4 fully saturated rings. The van der Waals surface area contributed by atoms with Crippen molar-refractivity contribution in [2.24, 2.45) is 16.8 Å². The van der Waals surface area contributed by atoms with Gasteiger partial charge in [-0.1, -0.05) is 199 Å². The molecule has 1 aromatic heterocycles. The van der Waals surface area contributed by atoms with Gasteiger partial charge >= 0.3 is 0 Å². The van der Waals surface area contributed by atoms with Gasteiger partial charge in [0.25, 0.3) is 0 Å². The normalized spacial score (nSPS) is 16.3. The lowest BCUT2D eigenvalue weighted by Crippen LogP contribution is -2.41. The Bertz CT molecular complexity index is 6340. The van der Waals surface area contributed by atoms with Crippen LogP contribution in [-0.2, 0) is 76.5 Å². The van der Waals surface area contributed by atoms with Crippen LogP contribution in [0.3, 0.4) is 0 Å². The molecule has 5 aliphatic rings. The van der Waals surface area contributed by atoms with E-state index < -0.39 is 70.0 Å². The van der Waals surface area contributed by atoms with E-state index in [4.69, 9.17) is 25.5 Å². The summed E-state index contributed by atoms with van der Waals surface area (Å²) in [5.41, 5.74) is 10.8. The summed E-state index contributed by atoms with van der Waals surface area (Å²) in [5, 5.41) is 0.669. The minimum absolute atomic E-state index is 0.120. The molecule has 4 aliphatic heterocycles. The fourth-order valence-corrected chi connectivity index (χ4v) is 24.0. The van der Waals surface area contributed by atoms with E-state index in [9.17, 15) is 58.9 Å². The number of nitrogens with one attached hydrogen (secondary N) is 2. The molecule has 10 aromatic rings. The zero-order chi connectivity index (χ0) is 101. The van der Waals surface area contributed by atoms with Gasteiger partial charge in [0, 0.05) is 89.4 Å². The minimum atomic E-state index is -3.48. The molecule has 0 spiro atoms. The van der Waals surface area contributed by atoms with Gasteiger partial charge in [-0.15, -0.1) is 0 Å². The van der Waals surface area contributed by atoms with Gasteiger partial charge < -0.3 is 13.9 Å². The highest BCUT2D eigenvalue weighted by Gasteiger charge is 2.34. The number of halogens is 1. The second kappa shape index (κ2) is 54.7. The van der Waals surface area contributed by atoms with Crippen molar-refractivity contribution < 1.29 is 72.8 Å². The topological polar surface area (TPSA) is 320 Å². The van der Waals surface area contributed by atoms with Crippen molar-refractivity contribution in [3.8, 4) is 11.5 Å². The average Bonchev–Trinajstić information content (AvgIpc) is 1.00. The summed E-state index contributed by atoms with van der Waals surface area (Å²) in [6.45, 7) is 33.6. The lowest BCUT2D eigenvalue weighted by Gasteiger charge is -2.32. The Kier molecular flexibility index (Phi) is 45.9. The molecule has 2 unspecified atom stereocenters. The molecule has 32 heteroatoms. The molecule has 1 aliphatic carbocycles. The first-order valence-corrected chi connectivity index (χ1v) is 57.5. The van der Waals surface area contributed by atoms with E-state index in [1.807, 2.05) is 180 Å². The Morgan fingerprint density at radius 1 is 0.445 bits per heavy atom. The van der Waals surface area contributed by atoms with Crippen LogP contribution >= 0.6 is 11.6 Å². The Balaban J connectivity index is 0.000000211. The van der Waals surface area contributed by atoms with Crippen molar-refractivity contribution in [2.45, 2.75) is 253 Å². The molecule has 1 saturated carbocycles. The molecule has 0 bridgehead atoms. The molecule has 3 saturated heterocycles. The van der Waals surface area contributed by atoms with Crippen LogP contribution < -0.4 is 18.9 Å². The summed E-state index contributed by atoms with van der Waals surface area (Å²) in [6, 6.07) is 66.3. The summed E-state index contributed by atoms with van der Waals surface area (Å²) in [7, 11) is -19.7. The summed E-state index contributed by atoms with van der Waals surface area (Å²) in [6.07, 6.45) is 19.3. The van der Waals surface area contributed by atoms with Crippen LogP contribution in [0.2, 0.25) is 5.02 Å². The number of hydrogen-bond donors (Lipinski definition) is 2. The molecule has 2 N–H and O–H groups in total. The quantitative estimate of drug-likeness (QED) is 0.0637. The number of allylic oxidation sites excluding steroid dienone is 1. The Morgan fingerprint density at radius 3 is 1.31 bits per heavy atom. The minimum Gasteiger partial charge on any atom is -0.495 e. The number of aliphatic imine (C=N–C) groups is 1. The number of hydrogen-bond acceptors (Lipinski definition) is 18. The van der Waals surface area contributed by atoms with Crippen LogP contribution in [0, 0.1) is 81.1 Å². The first kappa shape index (κ1) is 115. The van der Waals surface area contributed by atoms with E-state index in [1.54, 1.807) is 165 Å². The first-order chi connectivity index (χ1) is 64.5. The van der Waals surface area contributed by atoms with E-state index in [-0.39, 0.29) is 29.6 Å². The van der Waals surface area contributed by atoms with Gasteiger partial charge in [-0.25, -0.2) is 68.4 Å². The molecule has 0 radical (unpaired) electrons.